The number of urea groups is 1. The molecule has 0 bridgehead atoms. The Balaban J connectivity index is 1.60. The van der Waals surface area contributed by atoms with Crippen LogP contribution in [0, 0.1) is 0 Å². The second-order valence-electron chi connectivity index (χ2n) is 6.55. The lowest BCUT2D eigenvalue weighted by Gasteiger charge is -2.14. The Kier molecular flexibility index (Phi) is 5.61. The second-order valence-corrected chi connectivity index (χ2v) is 6.55. The van der Waals surface area contributed by atoms with E-state index in [-0.39, 0.29) is 0 Å². The fourth-order valence-electron chi connectivity index (χ4n) is 3.12. The maximum absolute atomic E-state index is 12.7. The molecule has 0 saturated carbocycles. The lowest BCUT2D eigenvalue weighted by molar-refractivity contribution is 0.262. The van der Waals surface area contributed by atoms with Gasteiger partial charge in [-0.05, 0) is 42.5 Å². The summed E-state index contributed by atoms with van der Waals surface area (Å²) in [6.45, 7) is 0. The van der Waals surface area contributed by atoms with Crippen LogP contribution in [0.15, 0.2) is 65.1 Å². The number of benzene rings is 3. The van der Waals surface area contributed by atoms with Crippen LogP contribution in [-0.4, -0.2) is 32.3 Å². The minimum atomic E-state index is -0.473. The van der Waals surface area contributed by atoms with E-state index in [0.717, 1.165) is 5.52 Å². The van der Waals surface area contributed by atoms with Crippen molar-refractivity contribution in [2.75, 3.05) is 32.0 Å². The number of para-hydroxylation sites is 2. The quantitative estimate of drug-likeness (QED) is 0.448. The Morgan fingerprint density at radius 2 is 1.52 bits per heavy atom. The molecular weight excluding hydrogens is 398 g/mol. The minimum absolute atomic E-state index is 0.446. The van der Waals surface area contributed by atoms with Crippen molar-refractivity contribution in [2.45, 2.75) is 0 Å². The van der Waals surface area contributed by atoms with E-state index in [1.807, 2.05) is 30.3 Å². The first-order chi connectivity index (χ1) is 15.1. The largest absolute Gasteiger partial charge is 0.497 e. The molecule has 0 atom stereocenters. The van der Waals surface area contributed by atoms with E-state index in [0.29, 0.717) is 45.7 Å². The molecule has 8 nitrogen and oxygen atoms in total. The van der Waals surface area contributed by atoms with Crippen LogP contribution in [0.25, 0.3) is 22.6 Å². The molecule has 2 amide bonds. The molecule has 31 heavy (non-hydrogen) atoms. The lowest BCUT2D eigenvalue weighted by atomic mass is 10.2. The number of rotatable bonds is 6. The van der Waals surface area contributed by atoms with Gasteiger partial charge in [0.05, 0.1) is 32.7 Å². The number of carbonyl (C=O) groups excluding carboxylic acids is 1. The summed E-state index contributed by atoms with van der Waals surface area (Å²) < 4.78 is 21.7. The van der Waals surface area contributed by atoms with Gasteiger partial charge >= 0.3 is 6.03 Å². The molecule has 4 aromatic rings. The molecule has 2 N–H and O–H groups in total. The van der Waals surface area contributed by atoms with Gasteiger partial charge in [-0.2, -0.15) is 0 Å². The zero-order valence-corrected chi connectivity index (χ0v) is 17.3. The fraction of sp³-hybridized carbons (Fsp3) is 0.130. The summed E-state index contributed by atoms with van der Waals surface area (Å²) in [5, 5.41) is 5.57. The SMILES string of the molecule is COc1ccc(OC)c(NC(=O)Nc2cc(-c3nc4ccccc4o3)ccc2OC)c1. The number of carbonyl (C=O) groups is 1. The number of fused-ring (bicyclic) bond motifs is 1. The molecule has 1 heterocycles. The van der Waals surface area contributed by atoms with Crippen LogP contribution in [0.4, 0.5) is 16.2 Å². The number of ether oxygens (including phenoxy) is 3. The number of oxazole rings is 1. The Bertz CT molecular complexity index is 1200. The molecular formula is C23H21N3O5. The second kappa shape index (κ2) is 8.66. The summed E-state index contributed by atoms with van der Waals surface area (Å²) in [5.74, 6) is 2.03. The Morgan fingerprint density at radius 3 is 2.19 bits per heavy atom. The van der Waals surface area contributed by atoms with Crippen molar-refractivity contribution in [3.8, 4) is 28.7 Å². The van der Waals surface area contributed by atoms with Crippen molar-refractivity contribution < 1.29 is 23.4 Å². The third kappa shape index (κ3) is 4.23. The number of amides is 2. The van der Waals surface area contributed by atoms with Crippen LogP contribution in [0.5, 0.6) is 17.2 Å². The number of nitrogens with one attached hydrogen (secondary N) is 2. The van der Waals surface area contributed by atoms with Gasteiger partial charge in [0.15, 0.2) is 5.58 Å². The molecule has 0 spiro atoms. The number of hydrogen-bond acceptors (Lipinski definition) is 6. The van der Waals surface area contributed by atoms with Gasteiger partial charge in [-0.3, -0.25) is 0 Å². The van der Waals surface area contributed by atoms with Crippen molar-refractivity contribution in [3.63, 3.8) is 0 Å². The molecule has 0 unspecified atom stereocenters. The molecule has 158 valence electrons. The number of methoxy groups -OCH3 is 3. The van der Waals surface area contributed by atoms with Crippen molar-refractivity contribution in [1.29, 1.82) is 0 Å². The van der Waals surface area contributed by atoms with Crippen molar-refractivity contribution in [3.05, 3.63) is 60.7 Å². The highest BCUT2D eigenvalue weighted by molar-refractivity contribution is 6.02. The van der Waals surface area contributed by atoms with Crippen molar-refractivity contribution in [2.24, 2.45) is 0 Å². The predicted molar refractivity (Wildman–Crippen MR) is 118 cm³/mol. The molecule has 0 aliphatic carbocycles. The minimum Gasteiger partial charge on any atom is -0.497 e. The summed E-state index contributed by atoms with van der Waals surface area (Å²) in [4.78, 5) is 17.2. The van der Waals surface area contributed by atoms with Crippen molar-refractivity contribution in [1.82, 2.24) is 4.98 Å². The zero-order chi connectivity index (χ0) is 21.8. The van der Waals surface area contributed by atoms with Gasteiger partial charge in [-0.15, -0.1) is 0 Å². The van der Waals surface area contributed by atoms with E-state index in [1.54, 1.807) is 37.4 Å². The molecule has 0 radical (unpaired) electrons. The average Bonchev–Trinajstić information content (AvgIpc) is 3.23. The molecule has 1 aromatic heterocycles. The van der Waals surface area contributed by atoms with Gasteiger partial charge in [0.2, 0.25) is 5.89 Å². The Hall–Kier alpha value is -4.20. The first-order valence-electron chi connectivity index (χ1n) is 9.45. The van der Waals surface area contributed by atoms with Gasteiger partial charge in [0.25, 0.3) is 0 Å². The summed E-state index contributed by atoms with van der Waals surface area (Å²) >= 11 is 0. The highest BCUT2D eigenvalue weighted by atomic mass is 16.5. The van der Waals surface area contributed by atoms with Crippen LogP contribution in [0.2, 0.25) is 0 Å². The smallest absolute Gasteiger partial charge is 0.323 e. The molecule has 4 rings (SSSR count). The molecule has 8 heteroatoms. The highest BCUT2D eigenvalue weighted by Gasteiger charge is 2.15. The van der Waals surface area contributed by atoms with Gasteiger partial charge in [-0.25, -0.2) is 9.78 Å². The number of hydrogen-bond donors (Lipinski definition) is 2. The van der Waals surface area contributed by atoms with Gasteiger partial charge in [-0.1, -0.05) is 12.1 Å². The Labute approximate surface area is 178 Å². The van der Waals surface area contributed by atoms with E-state index >= 15 is 0 Å². The third-order valence-electron chi connectivity index (χ3n) is 4.64. The first kappa shape index (κ1) is 20.1. The summed E-state index contributed by atoms with van der Waals surface area (Å²) in [6.07, 6.45) is 0. The molecule has 0 fully saturated rings. The number of aromatic nitrogens is 1. The van der Waals surface area contributed by atoms with Gasteiger partial charge < -0.3 is 29.3 Å². The molecule has 0 saturated heterocycles. The molecule has 0 aliphatic rings. The standard InChI is InChI=1S/C23H21N3O5/c1-28-15-9-11-20(30-3)18(13-15)26-23(27)25-17-12-14(8-10-19(17)29-2)22-24-16-6-4-5-7-21(16)31-22/h4-13H,1-3H3,(H2,25,26,27). The van der Waals surface area contributed by atoms with Crippen LogP contribution in [0.3, 0.4) is 0 Å². The lowest BCUT2D eigenvalue weighted by Crippen LogP contribution is -2.20. The van der Waals surface area contributed by atoms with Crippen LogP contribution in [0.1, 0.15) is 0 Å². The molecule has 3 aromatic carbocycles. The van der Waals surface area contributed by atoms with Crippen LogP contribution < -0.4 is 24.8 Å². The van der Waals surface area contributed by atoms with Gasteiger partial charge in [0.1, 0.15) is 22.8 Å². The monoisotopic (exact) mass is 419 g/mol. The van der Waals surface area contributed by atoms with Crippen LogP contribution >= 0.6 is 0 Å². The average molecular weight is 419 g/mol. The maximum Gasteiger partial charge on any atom is 0.323 e. The van der Waals surface area contributed by atoms with Gasteiger partial charge in [0, 0.05) is 11.6 Å². The highest BCUT2D eigenvalue weighted by Crippen LogP contribution is 2.33. The Morgan fingerprint density at radius 1 is 0.839 bits per heavy atom. The zero-order valence-electron chi connectivity index (χ0n) is 17.3. The summed E-state index contributed by atoms with van der Waals surface area (Å²) in [7, 11) is 4.61. The van der Waals surface area contributed by atoms with E-state index < -0.39 is 6.03 Å². The normalized spacial score (nSPS) is 10.5. The first-order valence-corrected chi connectivity index (χ1v) is 9.45. The van der Waals surface area contributed by atoms with E-state index in [1.165, 1.54) is 14.2 Å². The summed E-state index contributed by atoms with van der Waals surface area (Å²) in [5.41, 5.74) is 3.07. The maximum atomic E-state index is 12.7. The van der Waals surface area contributed by atoms with Crippen molar-refractivity contribution >= 4 is 28.5 Å². The fourth-order valence-corrected chi connectivity index (χ4v) is 3.12. The van der Waals surface area contributed by atoms with E-state index in [2.05, 4.69) is 15.6 Å². The van der Waals surface area contributed by atoms with Crippen LogP contribution in [-0.2, 0) is 0 Å². The topological polar surface area (TPSA) is 94.9 Å². The molecule has 0 aliphatic heterocycles. The number of nitrogens with zero attached hydrogens (tertiary/aromatic N) is 1. The number of anilines is 2. The predicted octanol–water partition coefficient (Wildman–Crippen LogP) is 5.16. The summed E-state index contributed by atoms with van der Waals surface area (Å²) in [6, 6.07) is 17.5. The van der Waals surface area contributed by atoms with E-state index in [4.69, 9.17) is 18.6 Å². The third-order valence-corrected chi connectivity index (χ3v) is 4.64. The van der Waals surface area contributed by atoms with E-state index in [9.17, 15) is 4.79 Å².